The van der Waals surface area contributed by atoms with Crippen molar-refractivity contribution < 1.29 is 19.0 Å². The van der Waals surface area contributed by atoms with Crippen LogP contribution >= 0.6 is 0 Å². The van der Waals surface area contributed by atoms with Crippen LogP contribution in [0, 0.1) is 0 Å². The Morgan fingerprint density at radius 2 is 1.89 bits per heavy atom. The number of morpholine rings is 1. The number of fused-ring (bicyclic) bond motifs is 1. The molecule has 3 heterocycles. The van der Waals surface area contributed by atoms with E-state index in [0.29, 0.717) is 36.0 Å². The lowest BCUT2D eigenvalue weighted by Crippen LogP contribution is -2.37. The first-order valence-electron chi connectivity index (χ1n) is 12.3. The molecule has 1 fully saturated rings. The fraction of sp³-hybridized carbons (Fsp3) is 0.480. The zero-order valence-corrected chi connectivity index (χ0v) is 20.8. The summed E-state index contributed by atoms with van der Waals surface area (Å²) < 4.78 is 17.0. The lowest BCUT2D eigenvalue weighted by atomic mass is 10.2. The molecular weight excluding hydrogens is 462 g/mol. The Hall–Kier alpha value is -3.57. The van der Waals surface area contributed by atoms with Gasteiger partial charge in [0.25, 0.3) is 0 Å². The third kappa shape index (κ3) is 6.98. The van der Waals surface area contributed by atoms with Crippen molar-refractivity contribution in [1.29, 1.82) is 0 Å². The number of nitrogens with one attached hydrogen (secondary N) is 2. The number of carbonyl (C=O) groups excluding carboxylic acids is 1. The van der Waals surface area contributed by atoms with Crippen LogP contribution in [0.3, 0.4) is 0 Å². The Labute approximate surface area is 210 Å². The topological polar surface area (TPSA) is 124 Å². The van der Waals surface area contributed by atoms with E-state index >= 15 is 0 Å². The first kappa shape index (κ1) is 25.5. The average molecular weight is 496 g/mol. The van der Waals surface area contributed by atoms with Crippen molar-refractivity contribution in [2.75, 3.05) is 57.2 Å². The Bertz CT molecular complexity index is 1140. The van der Waals surface area contributed by atoms with E-state index < -0.39 is 0 Å². The van der Waals surface area contributed by atoms with Crippen LogP contribution in [-0.4, -0.2) is 77.3 Å². The summed E-state index contributed by atoms with van der Waals surface area (Å²) in [6, 6.07) is 3.72. The molecule has 1 aliphatic rings. The third-order valence-electron chi connectivity index (χ3n) is 5.82. The lowest BCUT2D eigenvalue weighted by molar-refractivity contribution is -0.116. The molecule has 0 spiro atoms. The first-order valence-corrected chi connectivity index (χ1v) is 12.3. The summed E-state index contributed by atoms with van der Waals surface area (Å²) in [5, 5.41) is 6.70. The zero-order valence-electron chi connectivity index (χ0n) is 20.8. The van der Waals surface area contributed by atoms with Gasteiger partial charge in [-0.2, -0.15) is 0 Å². The Morgan fingerprint density at radius 3 is 2.64 bits per heavy atom. The predicted octanol–water partition coefficient (Wildman–Crippen LogP) is 3.40. The highest BCUT2D eigenvalue weighted by molar-refractivity contribution is 5.93. The number of hydrogen-bond donors (Lipinski definition) is 2. The molecule has 0 radical (unpaired) electrons. The number of nitrogens with zero attached hydrogens (tertiary/aromatic N) is 5. The summed E-state index contributed by atoms with van der Waals surface area (Å²) in [5.74, 6) is 2.01. The van der Waals surface area contributed by atoms with E-state index in [1.54, 1.807) is 19.5 Å². The molecule has 0 aliphatic carbocycles. The lowest BCUT2D eigenvalue weighted by Gasteiger charge is -2.26. The molecule has 0 bridgehead atoms. The Kier molecular flexibility index (Phi) is 9.17. The van der Waals surface area contributed by atoms with Crippen LogP contribution in [0.25, 0.3) is 10.9 Å². The molecule has 0 unspecified atom stereocenters. The maximum atomic E-state index is 11.9. The highest BCUT2D eigenvalue weighted by Crippen LogP contribution is 2.34. The molecule has 3 aromatic rings. The summed E-state index contributed by atoms with van der Waals surface area (Å²) in [6.07, 6.45) is 7.83. The molecule has 0 atom stereocenters. The number of rotatable bonds is 12. The number of carbonyl (C=O) groups is 1. The van der Waals surface area contributed by atoms with Crippen molar-refractivity contribution in [3.8, 4) is 11.5 Å². The van der Waals surface area contributed by atoms with Crippen LogP contribution in [0.15, 0.2) is 30.9 Å². The Balaban J connectivity index is 1.40. The van der Waals surface area contributed by atoms with E-state index in [1.807, 2.05) is 19.1 Å². The Morgan fingerprint density at radius 1 is 1.08 bits per heavy atom. The molecule has 36 heavy (non-hydrogen) atoms. The van der Waals surface area contributed by atoms with E-state index in [-0.39, 0.29) is 11.9 Å². The highest BCUT2D eigenvalue weighted by Gasteiger charge is 2.14. The fourth-order valence-electron chi connectivity index (χ4n) is 3.85. The number of anilines is 3. The van der Waals surface area contributed by atoms with Gasteiger partial charge in [-0.1, -0.05) is 13.3 Å². The fourth-order valence-corrected chi connectivity index (χ4v) is 3.85. The van der Waals surface area contributed by atoms with Crippen molar-refractivity contribution >= 4 is 34.3 Å². The highest BCUT2D eigenvalue weighted by atomic mass is 16.5. The van der Waals surface area contributed by atoms with Crippen LogP contribution in [0.2, 0.25) is 0 Å². The predicted molar refractivity (Wildman–Crippen MR) is 137 cm³/mol. The van der Waals surface area contributed by atoms with Crippen LogP contribution in [0.4, 0.5) is 17.5 Å². The van der Waals surface area contributed by atoms with Crippen LogP contribution in [0.5, 0.6) is 11.5 Å². The van der Waals surface area contributed by atoms with Gasteiger partial charge in [0.2, 0.25) is 11.9 Å². The van der Waals surface area contributed by atoms with E-state index in [0.717, 1.165) is 63.0 Å². The number of unbranched alkanes of at least 4 members (excludes halogenated alkanes) is 1. The minimum atomic E-state index is -0.0921. The maximum Gasteiger partial charge on any atom is 0.229 e. The molecule has 1 aromatic carbocycles. The van der Waals surface area contributed by atoms with Crippen molar-refractivity contribution in [1.82, 2.24) is 24.8 Å². The second-order valence-electron chi connectivity index (χ2n) is 8.47. The summed E-state index contributed by atoms with van der Waals surface area (Å²) in [6.45, 7) is 7.11. The average Bonchev–Trinajstić information content (AvgIpc) is 2.91. The van der Waals surface area contributed by atoms with Gasteiger partial charge in [0.15, 0.2) is 11.5 Å². The van der Waals surface area contributed by atoms with Gasteiger partial charge < -0.3 is 19.5 Å². The van der Waals surface area contributed by atoms with Crippen molar-refractivity contribution in [2.24, 2.45) is 0 Å². The van der Waals surface area contributed by atoms with Gasteiger partial charge >= 0.3 is 0 Å². The molecule has 4 rings (SSSR count). The molecule has 1 amide bonds. The van der Waals surface area contributed by atoms with E-state index in [4.69, 9.17) is 14.2 Å². The number of amides is 1. The summed E-state index contributed by atoms with van der Waals surface area (Å²) in [5.41, 5.74) is 1.35. The molecular formula is C25H33N7O4. The van der Waals surface area contributed by atoms with E-state index in [9.17, 15) is 4.79 Å². The molecule has 11 nitrogen and oxygen atoms in total. The van der Waals surface area contributed by atoms with Crippen molar-refractivity contribution in [3.63, 3.8) is 0 Å². The minimum Gasteiger partial charge on any atom is -0.493 e. The molecule has 192 valence electrons. The number of benzene rings is 1. The third-order valence-corrected chi connectivity index (χ3v) is 5.82. The summed E-state index contributed by atoms with van der Waals surface area (Å²) in [4.78, 5) is 31.5. The van der Waals surface area contributed by atoms with Crippen molar-refractivity contribution in [3.05, 3.63) is 30.9 Å². The molecule has 1 aliphatic heterocycles. The van der Waals surface area contributed by atoms with E-state index in [1.165, 1.54) is 6.33 Å². The molecule has 1 saturated heterocycles. The number of ether oxygens (including phenoxy) is 3. The summed E-state index contributed by atoms with van der Waals surface area (Å²) in [7, 11) is 1.61. The number of hydrogen-bond acceptors (Lipinski definition) is 10. The first-order chi connectivity index (χ1) is 17.7. The number of methoxy groups -OCH3 is 1. The van der Waals surface area contributed by atoms with Gasteiger partial charge in [0.05, 0.1) is 50.5 Å². The van der Waals surface area contributed by atoms with Gasteiger partial charge in [0.1, 0.15) is 12.1 Å². The standard InChI is InChI=1S/C25H33N7O4/c1-3-4-6-23(33)31-25-26-15-18(16-27-25)30-24-19-13-21(34-2)22(14-20(19)28-17-29-24)36-10-5-7-32-8-11-35-12-9-32/h13-17H,3-12H2,1-2H3,(H,28,29,30)(H,26,27,31,33). The van der Waals surface area contributed by atoms with Gasteiger partial charge in [0, 0.05) is 37.5 Å². The van der Waals surface area contributed by atoms with Gasteiger partial charge in [-0.15, -0.1) is 0 Å². The molecule has 2 aromatic heterocycles. The largest absolute Gasteiger partial charge is 0.493 e. The quantitative estimate of drug-likeness (QED) is 0.361. The van der Waals surface area contributed by atoms with E-state index in [2.05, 4.69) is 35.5 Å². The van der Waals surface area contributed by atoms with Gasteiger partial charge in [-0.25, -0.2) is 19.9 Å². The SMILES string of the molecule is CCCCC(=O)Nc1ncc(Nc2ncnc3cc(OCCCN4CCOCC4)c(OC)cc23)cn1. The van der Waals surface area contributed by atoms with Gasteiger partial charge in [-0.05, 0) is 18.9 Å². The second-order valence-corrected chi connectivity index (χ2v) is 8.47. The monoisotopic (exact) mass is 495 g/mol. The van der Waals surface area contributed by atoms with Crippen LogP contribution in [0.1, 0.15) is 32.6 Å². The molecule has 0 saturated carbocycles. The zero-order chi connectivity index (χ0) is 25.2. The number of aromatic nitrogens is 4. The normalized spacial score (nSPS) is 13.9. The smallest absolute Gasteiger partial charge is 0.229 e. The van der Waals surface area contributed by atoms with Crippen LogP contribution < -0.4 is 20.1 Å². The maximum absolute atomic E-state index is 11.9. The van der Waals surface area contributed by atoms with Crippen molar-refractivity contribution in [2.45, 2.75) is 32.6 Å². The van der Waals surface area contributed by atoms with Gasteiger partial charge in [-0.3, -0.25) is 15.0 Å². The molecule has 11 heteroatoms. The summed E-state index contributed by atoms with van der Waals surface area (Å²) >= 11 is 0. The van der Waals surface area contributed by atoms with Crippen LogP contribution in [-0.2, 0) is 9.53 Å². The second kappa shape index (κ2) is 12.9. The minimum absolute atomic E-state index is 0.0921. The molecule has 2 N–H and O–H groups in total.